The van der Waals surface area contributed by atoms with Crippen molar-refractivity contribution in [3.05, 3.63) is 59.0 Å². The summed E-state index contributed by atoms with van der Waals surface area (Å²) < 4.78 is 0. The fourth-order valence-electron chi connectivity index (χ4n) is 2.65. The topological polar surface area (TPSA) is 37.1 Å². The van der Waals surface area contributed by atoms with Gasteiger partial charge in [0.25, 0.3) is 0 Å². The van der Waals surface area contributed by atoms with Gasteiger partial charge in [-0.3, -0.25) is 15.0 Å². The van der Waals surface area contributed by atoms with Gasteiger partial charge < -0.3 is 0 Å². The lowest BCUT2D eigenvalue weighted by Crippen LogP contribution is -2.06. The SMILES string of the molecule is C=N/C=C\C=NCC(=C)N=C/C(=C\C)CC(C)C1=CC(C)=C(C)CC1. The maximum Gasteiger partial charge on any atom is 0.0805 e. The predicted octanol–water partition coefficient (Wildman–Crippen LogP) is 5.89. The van der Waals surface area contributed by atoms with E-state index in [0.29, 0.717) is 12.5 Å². The second-order valence-corrected chi connectivity index (χ2v) is 6.49. The molecular weight excluding hydrogens is 306 g/mol. The largest absolute Gasteiger partial charge is 0.287 e. The van der Waals surface area contributed by atoms with Crippen LogP contribution in [-0.2, 0) is 0 Å². The van der Waals surface area contributed by atoms with Gasteiger partial charge in [0, 0.05) is 18.6 Å². The lowest BCUT2D eigenvalue weighted by molar-refractivity contribution is 0.637. The smallest absolute Gasteiger partial charge is 0.0805 e. The van der Waals surface area contributed by atoms with E-state index in [1.165, 1.54) is 29.6 Å². The standard InChI is InChI=1S/C22H31N3/c1-7-21(16-25-20(5)15-24-12-8-11-23-6)13-19(4)22-10-9-17(2)18(3)14-22/h7-8,11-12,14,16,19H,5-6,9-10,13,15H2,1-4H3/b11-8-,21-7-,24-12?,25-16?. The van der Waals surface area contributed by atoms with Gasteiger partial charge in [0.15, 0.2) is 0 Å². The summed E-state index contributed by atoms with van der Waals surface area (Å²) in [6, 6.07) is 0. The summed E-state index contributed by atoms with van der Waals surface area (Å²) in [5, 5.41) is 0. The van der Waals surface area contributed by atoms with E-state index in [1.807, 2.05) is 6.21 Å². The van der Waals surface area contributed by atoms with E-state index in [4.69, 9.17) is 0 Å². The molecule has 0 bridgehead atoms. The monoisotopic (exact) mass is 337 g/mol. The highest BCUT2D eigenvalue weighted by Crippen LogP contribution is 2.30. The van der Waals surface area contributed by atoms with Crippen LogP contribution in [0.3, 0.4) is 0 Å². The van der Waals surface area contributed by atoms with Gasteiger partial charge in [-0.05, 0) is 64.3 Å². The molecule has 0 N–H and O–H groups in total. The molecule has 0 saturated carbocycles. The zero-order valence-electron chi connectivity index (χ0n) is 16.1. The Morgan fingerprint density at radius 3 is 2.72 bits per heavy atom. The van der Waals surface area contributed by atoms with Gasteiger partial charge in [-0.15, -0.1) is 0 Å². The molecule has 0 radical (unpaired) electrons. The van der Waals surface area contributed by atoms with Gasteiger partial charge in [-0.1, -0.05) is 42.4 Å². The highest BCUT2D eigenvalue weighted by atomic mass is 14.8. The number of hydrogen-bond donors (Lipinski definition) is 0. The first-order valence-corrected chi connectivity index (χ1v) is 8.82. The van der Waals surface area contributed by atoms with Crippen LogP contribution in [0, 0.1) is 5.92 Å². The lowest BCUT2D eigenvalue weighted by atomic mass is 9.84. The first-order valence-electron chi connectivity index (χ1n) is 8.82. The summed E-state index contributed by atoms with van der Waals surface area (Å²) in [7, 11) is 0. The van der Waals surface area contributed by atoms with Crippen LogP contribution >= 0.6 is 0 Å². The second-order valence-electron chi connectivity index (χ2n) is 6.49. The molecule has 0 aromatic carbocycles. The normalized spacial score (nSPS) is 17.6. The van der Waals surface area contributed by atoms with Crippen LogP contribution in [0.5, 0.6) is 0 Å². The molecule has 3 nitrogen and oxygen atoms in total. The maximum atomic E-state index is 4.45. The number of rotatable bonds is 9. The van der Waals surface area contributed by atoms with E-state index in [9.17, 15) is 0 Å². The van der Waals surface area contributed by atoms with Gasteiger partial charge in [0.2, 0.25) is 0 Å². The van der Waals surface area contributed by atoms with Gasteiger partial charge in [0.1, 0.15) is 0 Å². The Bertz CT molecular complexity index is 655. The van der Waals surface area contributed by atoms with E-state index in [-0.39, 0.29) is 0 Å². The molecule has 1 unspecified atom stereocenters. The highest BCUT2D eigenvalue weighted by Gasteiger charge is 2.14. The Kier molecular flexibility index (Phi) is 9.38. The fraction of sp³-hybridized carbons (Fsp3) is 0.409. The minimum atomic E-state index is 0.485. The Morgan fingerprint density at radius 2 is 2.08 bits per heavy atom. The Balaban J connectivity index is 2.58. The Morgan fingerprint density at radius 1 is 1.32 bits per heavy atom. The quantitative estimate of drug-likeness (QED) is 0.471. The summed E-state index contributed by atoms with van der Waals surface area (Å²) in [4.78, 5) is 12.3. The fourth-order valence-corrected chi connectivity index (χ4v) is 2.65. The van der Waals surface area contributed by atoms with Gasteiger partial charge in [-0.25, -0.2) is 0 Å². The number of nitrogens with zero attached hydrogens (tertiary/aromatic N) is 3. The number of aliphatic imine (C=N–C) groups is 3. The van der Waals surface area contributed by atoms with Crippen LogP contribution < -0.4 is 0 Å². The van der Waals surface area contributed by atoms with E-state index in [1.54, 1.807) is 24.1 Å². The summed E-state index contributed by atoms with van der Waals surface area (Å²) >= 11 is 0. The van der Waals surface area contributed by atoms with Crippen LogP contribution in [0.2, 0.25) is 0 Å². The van der Waals surface area contributed by atoms with Crippen molar-refractivity contribution in [2.24, 2.45) is 20.9 Å². The van der Waals surface area contributed by atoms with E-state index in [0.717, 1.165) is 12.1 Å². The molecule has 0 saturated heterocycles. The molecule has 0 amide bonds. The van der Waals surface area contributed by atoms with Gasteiger partial charge in [0.05, 0.1) is 12.2 Å². The molecule has 0 aliphatic heterocycles. The van der Waals surface area contributed by atoms with Crippen LogP contribution in [0.1, 0.15) is 47.0 Å². The van der Waals surface area contributed by atoms with Crippen molar-refractivity contribution < 1.29 is 0 Å². The van der Waals surface area contributed by atoms with Crippen molar-refractivity contribution in [1.82, 2.24) is 0 Å². The molecule has 0 aromatic rings. The molecule has 1 atom stereocenters. The van der Waals surface area contributed by atoms with Crippen LogP contribution in [0.15, 0.2) is 74.0 Å². The average Bonchev–Trinajstić information content (AvgIpc) is 2.60. The zero-order chi connectivity index (χ0) is 18.7. The van der Waals surface area contributed by atoms with Crippen LogP contribution in [0.25, 0.3) is 0 Å². The molecular formula is C22H31N3. The first-order chi connectivity index (χ1) is 12.0. The molecule has 0 aromatic heterocycles. The van der Waals surface area contributed by atoms with Gasteiger partial charge in [-0.2, -0.15) is 0 Å². The Labute approximate surface area is 153 Å². The lowest BCUT2D eigenvalue weighted by Gasteiger charge is -2.21. The molecule has 25 heavy (non-hydrogen) atoms. The summed E-state index contributed by atoms with van der Waals surface area (Å²) in [6.07, 6.45) is 14.8. The molecule has 0 spiro atoms. The van der Waals surface area contributed by atoms with Crippen molar-refractivity contribution in [3.63, 3.8) is 0 Å². The molecule has 134 valence electrons. The van der Waals surface area contributed by atoms with Gasteiger partial charge >= 0.3 is 0 Å². The minimum Gasteiger partial charge on any atom is -0.287 e. The molecule has 1 rings (SSSR count). The molecule has 0 fully saturated rings. The average molecular weight is 338 g/mol. The number of hydrogen-bond acceptors (Lipinski definition) is 3. The third-order valence-electron chi connectivity index (χ3n) is 4.48. The van der Waals surface area contributed by atoms with Crippen molar-refractivity contribution in [2.75, 3.05) is 6.54 Å². The van der Waals surface area contributed by atoms with Crippen molar-refractivity contribution in [2.45, 2.75) is 47.0 Å². The van der Waals surface area contributed by atoms with Crippen LogP contribution in [-0.4, -0.2) is 25.7 Å². The maximum absolute atomic E-state index is 4.45. The summed E-state index contributed by atoms with van der Waals surface area (Å²) in [6.45, 7) is 16.6. The summed E-state index contributed by atoms with van der Waals surface area (Å²) in [5.41, 5.74) is 6.46. The van der Waals surface area contributed by atoms with Crippen LogP contribution in [0.4, 0.5) is 0 Å². The Hall–Kier alpha value is -2.29. The van der Waals surface area contributed by atoms with E-state index >= 15 is 0 Å². The third kappa shape index (κ3) is 7.88. The van der Waals surface area contributed by atoms with Crippen molar-refractivity contribution in [3.8, 4) is 0 Å². The first kappa shape index (κ1) is 20.8. The van der Waals surface area contributed by atoms with E-state index in [2.05, 4.69) is 68.1 Å². The molecule has 0 heterocycles. The third-order valence-corrected chi connectivity index (χ3v) is 4.48. The number of allylic oxidation sites excluding steroid dienone is 7. The second kappa shape index (κ2) is 11.3. The summed E-state index contributed by atoms with van der Waals surface area (Å²) in [5.74, 6) is 0.531. The van der Waals surface area contributed by atoms with Crippen molar-refractivity contribution >= 4 is 19.1 Å². The minimum absolute atomic E-state index is 0.485. The zero-order valence-corrected chi connectivity index (χ0v) is 16.1. The molecule has 3 heteroatoms. The predicted molar refractivity (Wildman–Crippen MR) is 113 cm³/mol. The van der Waals surface area contributed by atoms with Crippen molar-refractivity contribution in [1.29, 1.82) is 0 Å². The molecule has 1 aliphatic rings. The molecule has 1 aliphatic carbocycles. The highest BCUT2D eigenvalue weighted by molar-refractivity contribution is 5.79. The van der Waals surface area contributed by atoms with E-state index < -0.39 is 0 Å².